The molecule has 5 rings (SSSR count). The first-order valence-electron chi connectivity index (χ1n) is 8.14. The van der Waals surface area contributed by atoms with Crippen molar-refractivity contribution >= 4 is 18.3 Å². The molecule has 0 spiro atoms. The first kappa shape index (κ1) is 14.6. The second-order valence-corrected chi connectivity index (χ2v) is 8.11. The second kappa shape index (κ2) is 4.88. The molecular formula is C16H27ClN2O. The van der Waals surface area contributed by atoms with Gasteiger partial charge in [0, 0.05) is 6.54 Å². The number of hydrogen-bond acceptors (Lipinski definition) is 2. The Morgan fingerprint density at radius 2 is 1.55 bits per heavy atom. The summed E-state index contributed by atoms with van der Waals surface area (Å²) < 4.78 is 0. The van der Waals surface area contributed by atoms with E-state index >= 15 is 0 Å². The molecule has 0 aromatic heterocycles. The molecule has 0 aliphatic heterocycles. The molecule has 5 aliphatic rings. The van der Waals surface area contributed by atoms with E-state index in [9.17, 15) is 4.79 Å². The maximum Gasteiger partial charge on any atom is 0.240 e. The molecule has 0 radical (unpaired) electrons. The minimum absolute atomic E-state index is 0. The Kier molecular flexibility index (Phi) is 3.57. The molecule has 0 aromatic carbocycles. The van der Waals surface area contributed by atoms with Crippen molar-refractivity contribution in [3.63, 3.8) is 0 Å². The van der Waals surface area contributed by atoms with Gasteiger partial charge in [0.25, 0.3) is 0 Å². The molecule has 0 heterocycles. The van der Waals surface area contributed by atoms with Crippen molar-refractivity contribution < 1.29 is 4.79 Å². The fourth-order valence-electron chi connectivity index (χ4n) is 5.74. The highest BCUT2D eigenvalue weighted by Crippen LogP contribution is 2.59. The van der Waals surface area contributed by atoms with Crippen LogP contribution in [0.1, 0.15) is 57.8 Å². The predicted octanol–water partition coefficient (Wildman–Crippen LogP) is 2.62. The number of amides is 1. The normalized spacial score (nSPS) is 43.5. The van der Waals surface area contributed by atoms with Crippen LogP contribution in [-0.4, -0.2) is 18.0 Å². The molecule has 5 aliphatic carbocycles. The molecule has 0 unspecified atom stereocenters. The summed E-state index contributed by atoms with van der Waals surface area (Å²) in [4.78, 5) is 12.2. The zero-order chi connectivity index (χ0) is 13.1. The fourth-order valence-corrected chi connectivity index (χ4v) is 5.74. The van der Waals surface area contributed by atoms with Crippen LogP contribution in [0.2, 0.25) is 0 Å². The Balaban J connectivity index is 0.00000121. The van der Waals surface area contributed by atoms with E-state index in [-0.39, 0.29) is 18.3 Å². The molecule has 3 N–H and O–H groups in total. The average Bonchev–Trinajstić information content (AvgIpc) is 2.31. The Morgan fingerprint density at radius 1 is 1.05 bits per heavy atom. The summed E-state index contributed by atoms with van der Waals surface area (Å²) in [7, 11) is 0. The molecule has 5 saturated carbocycles. The molecule has 114 valence electrons. The lowest BCUT2D eigenvalue weighted by molar-refractivity contribution is -0.131. The van der Waals surface area contributed by atoms with Gasteiger partial charge in [-0.2, -0.15) is 0 Å². The monoisotopic (exact) mass is 298 g/mol. The zero-order valence-electron chi connectivity index (χ0n) is 12.2. The predicted molar refractivity (Wildman–Crippen MR) is 81.6 cm³/mol. The smallest absolute Gasteiger partial charge is 0.240 e. The lowest BCUT2D eigenvalue weighted by Gasteiger charge is -2.57. The summed E-state index contributed by atoms with van der Waals surface area (Å²) >= 11 is 0. The van der Waals surface area contributed by atoms with Crippen molar-refractivity contribution in [1.82, 2.24) is 5.32 Å². The SMILES string of the molecule is Cl.NC1(C(=O)NCC23CC4CC(CC(C4)C2)C3)CCC1. The maximum absolute atomic E-state index is 12.2. The van der Waals surface area contributed by atoms with Crippen LogP contribution < -0.4 is 11.1 Å². The average molecular weight is 299 g/mol. The van der Waals surface area contributed by atoms with Gasteiger partial charge in [0.05, 0.1) is 5.54 Å². The van der Waals surface area contributed by atoms with Crippen LogP contribution in [0.3, 0.4) is 0 Å². The van der Waals surface area contributed by atoms with Crippen molar-refractivity contribution in [2.24, 2.45) is 28.9 Å². The Hall–Kier alpha value is -0.280. The van der Waals surface area contributed by atoms with Gasteiger partial charge < -0.3 is 11.1 Å². The minimum atomic E-state index is -0.526. The van der Waals surface area contributed by atoms with Crippen LogP contribution in [0.25, 0.3) is 0 Å². The molecule has 20 heavy (non-hydrogen) atoms. The van der Waals surface area contributed by atoms with Crippen molar-refractivity contribution in [1.29, 1.82) is 0 Å². The van der Waals surface area contributed by atoms with Crippen LogP contribution in [0.5, 0.6) is 0 Å². The number of carbonyl (C=O) groups is 1. The van der Waals surface area contributed by atoms with Crippen LogP contribution in [-0.2, 0) is 4.79 Å². The number of nitrogens with one attached hydrogen (secondary N) is 1. The molecule has 3 nitrogen and oxygen atoms in total. The summed E-state index contributed by atoms with van der Waals surface area (Å²) in [5, 5.41) is 3.22. The highest BCUT2D eigenvalue weighted by molar-refractivity contribution is 5.87. The topological polar surface area (TPSA) is 55.1 Å². The molecule has 5 fully saturated rings. The standard InChI is InChI=1S/C16H26N2O.ClH/c17-16(2-1-3-16)14(19)18-10-15-7-11-4-12(8-15)6-13(5-11)9-15;/h11-13H,1-10,17H2,(H,18,19);1H. The molecule has 0 atom stereocenters. The van der Waals surface area contributed by atoms with Gasteiger partial charge in [-0.05, 0) is 81.0 Å². The molecule has 4 bridgehead atoms. The van der Waals surface area contributed by atoms with Gasteiger partial charge in [-0.1, -0.05) is 0 Å². The summed E-state index contributed by atoms with van der Waals surface area (Å²) in [5.41, 5.74) is 6.02. The third-order valence-corrected chi connectivity index (χ3v) is 6.49. The van der Waals surface area contributed by atoms with E-state index in [2.05, 4.69) is 5.32 Å². The highest BCUT2D eigenvalue weighted by Gasteiger charge is 2.51. The lowest BCUT2D eigenvalue weighted by atomic mass is 9.49. The molecule has 4 heteroatoms. The minimum Gasteiger partial charge on any atom is -0.354 e. The largest absolute Gasteiger partial charge is 0.354 e. The van der Waals surface area contributed by atoms with E-state index in [1.165, 1.54) is 38.5 Å². The van der Waals surface area contributed by atoms with E-state index in [1.54, 1.807) is 0 Å². The van der Waals surface area contributed by atoms with E-state index in [4.69, 9.17) is 5.73 Å². The zero-order valence-corrected chi connectivity index (χ0v) is 13.0. The Bertz CT molecular complexity index is 370. The summed E-state index contributed by atoms with van der Waals surface area (Å²) in [5.74, 6) is 2.99. The molecule has 1 amide bonds. The number of carbonyl (C=O) groups excluding carboxylic acids is 1. The first-order valence-corrected chi connectivity index (χ1v) is 8.14. The fraction of sp³-hybridized carbons (Fsp3) is 0.938. The van der Waals surface area contributed by atoms with Crippen molar-refractivity contribution in [3.05, 3.63) is 0 Å². The molecular weight excluding hydrogens is 272 g/mol. The van der Waals surface area contributed by atoms with Crippen LogP contribution in [0.4, 0.5) is 0 Å². The van der Waals surface area contributed by atoms with Gasteiger partial charge in [0.1, 0.15) is 0 Å². The Labute approximate surface area is 127 Å². The maximum atomic E-state index is 12.2. The van der Waals surface area contributed by atoms with Crippen LogP contribution in [0.15, 0.2) is 0 Å². The van der Waals surface area contributed by atoms with Crippen molar-refractivity contribution in [3.8, 4) is 0 Å². The van der Waals surface area contributed by atoms with E-state index in [0.717, 1.165) is 43.6 Å². The molecule has 0 aromatic rings. The third-order valence-electron chi connectivity index (χ3n) is 6.49. The van der Waals surface area contributed by atoms with Crippen molar-refractivity contribution in [2.75, 3.05) is 6.54 Å². The van der Waals surface area contributed by atoms with Gasteiger partial charge in [0.2, 0.25) is 5.91 Å². The van der Waals surface area contributed by atoms with E-state index < -0.39 is 5.54 Å². The highest BCUT2D eigenvalue weighted by atomic mass is 35.5. The third kappa shape index (κ3) is 2.27. The number of halogens is 1. The van der Waals surface area contributed by atoms with Gasteiger partial charge in [-0.25, -0.2) is 0 Å². The summed E-state index contributed by atoms with van der Waals surface area (Å²) in [6.45, 7) is 0.897. The number of nitrogens with two attached hydrogens (primary N) is 1. The van der Waals surface area contributed by atoms with Crippen molar-refractivity contribution in [2.45, 2.75) is 63.3 Å². The number of rotatable bonds is 3. The van der Waals surface area contributed by atoms with Gasteiger partial charge >= 0.3 is 0 Å². The van der Waals surface area contributed by atoms with E-state index in [1.807, 2.05) is 0 Å². The second-order valence-electron chi connectivity index (χ2n) is 8.11. The number of hydrogen-bond donors (Lipinski definition) is 2. The lowest BCUT2D eigenvalue weighted by Crippen LogP contribution is -2.60. The summed E-state index contributed by atoms with van der Waals surface area (Å²) in [6.07, 6.45) is 11.3. The summed E-state index contributed by atoms with van der Waals surface area (Å²) in [6, 6.07) is 0. The van der Waals surface area contributed by atoms with Gasteiger partial charge in [-0.3, -0.25) is 4.79 Å². The Morgan fingerprint density at radius 3 is 1.95 bits per heavy atom. The van der Waals surface area contributed by atoms with Gasteiger partial charge in [-0.15, -0.1) is 12.4 Å². The quantitative estimate of drug-likeness (QED) is 0.841. The van der Waals surface area contributed by atoms with E-state index in [0.29, 0.717) is 5.41 Å². The van der Waals surface area contributed by atoms with Crippen LogP contribution >= 0.6 is 12.4 Å². The molecule has 0 saturated heterocycles. The first-order chi connectivity index (χ1) is 9.07. The van der Waals surface area contributed by atoms with Gasteiger partial charge in [0.15, 0.2) is 0 Å². The van der Waals surface area contributed by atoms with Crippen LogP contribution in [0, 0.1) is 23.2 Å².